The zero-order chi connectivity index (χ0) is 11.9. The van der Waals surface area contributed by atoms with Crippen LogP contribution in [0.1, 0.15) is 32.6 Å². The molecule has 1 spiro atoms. The molecule has 2 saturated heterocycles. The van der Waals surface area contributed by atoms with Gasteiger partial charge in [0.25, 0.3) is 0 Å². The van der Waals surface area contributed by atoms with Crippen LogP contribution >= 0.6 is 0 Å². The molecule has 0 amide bonds. The topological polar surface area (TPSA) is 47.7 Å². The van der Waals surface area contributed by atoms with Gasteiger partial charge in [-0.25, -0.2) is 0 Å². The van der Waals surface area contributed by atoms with Crippen LogP contribution in [0, 0.1) is 5.92 Å². The lowest BCUT2D eigenvalue weighted by Crippen LogP contribution is -2.44. The zero-order valence-electron chi connectivity index (χ0n) is 10.7. The molecule has 98 valence electrons. The molecule has 0 bridgehead atoms. The lowest BCUT2D eigenvalue weighted by atomic mass is 9.89. The summed E-state index contributed by atoms with van der Waals surface area (Å²) in [6.07, 6.45) is 4.49. The molecular formula is C13H24N2O2. The summed E-state index contributed by atoms with van der Waals surface area (Å²) in [4.78, 5) is 2.58. The van der Waals surface area contributed by atoms with Crippen molar-refractivity contribution in [2.24, 2.45) is 11.7 Å². The van der Waals surface area contributed by atoms with Crippen LogP contribution in [-0.4, -0.2) is 49.1 Å². The monoisotopic (exact) mass is 240 g/mol. The fourth-order valence-corrected chi connectivity index (χ4v) is 3.52. The third-order valence-corrected chi connectivity index (χ3v) is 4.75. The summed E-state index contributed by atoms with van der Waals surface area (Å²) in [6, 6.07) is 1.06. The Labute approximate surface area is 103 Å². The number of rotatable bonds is 1. The van der Waals surface area contributed by atoms with Crippen molar-refractivity contribution in [3.05, 3.63) is 0 Å². The molecule has 3 rings (SSSR count). The maximum absolute atomic E-state index is 6.10. The summed E-state index contributed by atoms with van der Waals surface area (Å²) < 4.78 is 11.5. The minimum Gasteiger partial charge on any atom is -0.348 e. The van der Waals surface area contributed by atoms with E-state index in [0.29, 0.717) is 18.0 Å². The number of ether oxygens (including phenoxy) is 2. The third-order valence-electron chi connectivity index (χ3n) is 4.75. The standard InChI is InChI=1S/C13H24N2O2/c1-10-8-15(9-12(10)14)11-2-4-13(5-3-11)16-6-7-17-13/h10-12H,2-9,14H2,1H3. The highest BCUT2D eigenvalue weighted by atomic mass is 16.7. The number of nitrogens with two attached hydrogens (primary N) is 1. The second kappa shape index (κ2) is 4.50. The molecule has 0 aromatic heterocycles. The first-order valence-corrected chi connectivity index (χ1v) is 6.96. The Kier molecular flexibility index (Phi) is 3.15. The van der Waals surface area contributed by atoms with E-state index in [1.54, 1.807) is 0 Å². The van der Waals surface area contributed by atoms with Crippen molar-refractivity contribution in [3.63, 3.8) is 0 Å². The molecule has 0 aromatic carbocycles. The lowest BCUT2D eigenvalue weighted by molar-refractivity contribution is -0.183. The van der Waals surface area contributed by atoms with Gasteiger partial charge in [-0.2, -0.15) is 0 Å². The van der Waals surface area contributed by atoms with Crippen molar-refractivity contribution in [2.45, 2.75) is 50.5 Å². The molecule has 2 unspecified atom stereocenters. The molecule has 4 nitrogen and oxygen atoms in total. The van der Waals surface area contributed by atoms with Crippen LogP contribution in [0.2, 0.25) is 0 Å². The number of hydrogen-bond donors (Lipinski definition) is 1. The van der Waals surface area contributed by atoms with E-state index >= 15 is 0 Å². The molecule has 3 fully saturated rings. The van der Waals surface area contributed by atoms with E-state index in [0.717, 1.165) is 32.6 Å². The minimum atomic E-state index is -0.218. The lowest BCUT2D eigenvalue weighted by Gasteiger charge is -2.39. The Morgan fingerprint density at radius 3 is 2.29 bits per heavy atom. The molecule has 2 N–H and O–H groups in total. The van der Waals surface area contributed by atoms with Gasteiger partial charge in [0.15, 0.2) is 5.79 Å². The highest BCUT2D eigenvalue weighted by Gasteiger charge is 2.42. The Hall–Kier alpha value is -0.160. The first-order valence-electron chi connectivity index (χ1n) is 6.96. The minimum absolute atomic E-state index is 0.218. The average Bonchev–Trinajstić information content (AvgIpc) is 2.90. The van der Waals surface area contributed by atoms with Crippen LogP contribution in [0.3, 0.4) is 0 Å². The quantitative estimate of drug-likeness (QED) is 0.741. The highest BCUT2D eigenvalue weighted by molar-refractivity contribution is 4.92. The Balaban J connectivity index is 1.55. The van der Waals surface area contributed by atoms with E-state index < -0.39 is 0 Å². The summed E-state index contributed by atoms with van der Waals surface area (Å²) in [5.41, 5.74) is 6.10. The molecule has 2 aliphatic heterocycles. The van der Waals surface area contributed by atoms with Crippen molar-refractivity contribution in [1.82, 2.24) is 4.90 Å². The van der Waals surface area contributed by atoms with Crippen molar-refractivity contribution < 1.29 is 9.47 Å². The molecule has 3 aliphatic rings. The van der Waals surface area contributed by atoms with Gasteiger partial charge in [-0.3, -0.25) is 4.90 Å². The third kappa shape index (κ3) is 2.24. The van der Waals surface area contributed by atoms with Gasteiger partial charge in [0.2, 0.25) is 0 Å². The van der Waals surface area contributed by atoms with Gasteiger partial charge in [-0.15, -0.1) is 0 Å². The average molecular weight is 240 g/mol. The van der Waals surface area contributed by atoms with Gasteiger partial charge in [0.05, 0.1) is 13.2 Å². The van der Waals surface area contributed by atoms with Crippen LogP contribution in [0.5, 0.6) is 0 Å². The normalized spacial score (nSPS) is 39.2. The number of nitrogens with zero attached hydrogens (tertiary/aromatic N) is 1. The van der Waals surface area contributed by atoms with Gasteiger partial charge >= 0.3 is 0 Å². The summed E-state index contributed by atoms with van der Waals surface area (Å²) in [6.45, 7) is 6.05. The molecule has 0 radical (unpaired) electrons. The van der Waals surface area contributed by atoms with Gasteiger partial charge in [0.1, 0.15) is 0 Å². The molecule has 2 atom stereocenters. The second-order valence-electron chi connectivity index (χ2n) is 5.93. The van der Waals surface area contributed by atoms with Gasteiger partial charge in [0, 0.05) is 38.0 Å². The zero-order valence-corrected chi connectivity index (χ0v) is 10.7. The molecule has 0 aromatic rings. The van der Waals surface area contributed by atoms with E-state index in [2.05, 4.69) is 11.8 Å². The SMILES string of the molecule is CC1CN(C2CCC3(CC2)OCCO3)CC1N. The second-order valence-corrected chi connectivity index (χ2v) is 5.93. The first kappa shape index (κ1) is 11.9. The summed E-state index contributed by atoms with van der Waals surface area (Å²) >= 11 is 0. The van der Waals surface area contributed by atoms with Crippen molar-refractivity contribution in [2.75, 3.05) is 26.3 Å². The van der Waals surface area contributed by atoms with E-state index in [1.165, 1.54) is 19.4 Å². The fraction of sp³-hybridized carbons (Fsp3) is 1.00. The van der Waals surface area contributed by atoms with E-state index in [1.807, 2.05) is 0 Å². The molecule has 2 heterocycles. The first-order chi connectivity index (χ1) is 8.19. The smallest absolute Gasteiger partial charge is 0.168 e. The largest absolute Gasteiger partial charge is 0.348 e. The Morgan fingerprint density at radius 2 is 1.76 bits per heavy atom. The molecule has 1 saturated carbocycles. The number of likely N-dealkylation sites (tertiary alicyclic amines) is 1. The molecule has 1 aliphatic carbocycles. The van der Waals surface area contributed by atoms with Crippen LogP contribution < -0.4 is 5.73 Å². The fourth-order valence-electron chi connectivity index (χ4n) is 3.52. The summed E-state index contributed by atoms with van der Waals surface area (Å²) in [5.74, 6) is 0.425. The van der Waals surface area contributed by atoms with Crippen LogP contribution in [0.15, 0.2) is 0 Å². The predicted octanol–water partition coefficient (Wildman–Crippen LogP) is 0.951. The summed E-state index contributed by atoms with van der Waals surface area (Å²) in [7, 11) is 0. The van der Waals surface area contributed by atoms with Crippen LogP contribution in [0.25, 0.3) is 0 Å². The maximum Gasteiger partial charge on any atom is 0.168 e. The van der Waals surface area contributed by atoms with Crippen molar-refractivity contribution in [3.8, 4) is 0 Å². The maximum atomic E-state index is 6.10. The van der Waals surface area contributed by atoms with Gasteiger partial charge in [-0.05, 0) is 18.8 Å². The highest BCUT2D eigenvalue weighted by Crippen LogP contribution is 2.38. The van der Waals surface area contributed by atoms with Crippen molar-refractivity contribution >= 4 is 0 Å². The van der Waals surface area contributed by atoms with E-state index in [-0.39, 0.29) is 5.79 Å². The van der Waals surface area contributed by atoms with Gasteiger partial charge < -0.3 is 15.2 Å². The molecule has 4 heteroatoms. The molecular weight excluding hydrogens is 216 g/mol. The summed E-state index contributed by atoms with van der Waals surface area (Å²) in [5, 5.41) is 0. The van der Waals surface area contributed by atoms with Crippen LogP contribution in [-0.2, 0) is 9.47 Å². The predicted molar refractivity (Wildman–Crippen MR) is 65.6 cm³/mol. The van der Waals surface area contributed by atoms with E-state index in [4.69, 9.17) is 15.2 Å². The van der Waals surface area contributed by atoms with Gasteiger partial charge in [-0.1, -0.05) is 6.92 Å². The van der Waals surface area contributed by atoms with Crippen molar-refractivity contribution in [1.29, 1.82) is 0 Å². The number of hydrogen-bond acceptors (Lipinski definition) is 4. The Morgan fingerprint density at radius 1 is 1.12 bits per heavy atom. The van der Waals surface area contributed by atoms with E-state index in [9.17, 15) is 0 Å². The Bertz CT molecular complexity index is 259. The van der Waals surface area contributed by atoms with Crippen LogP contribution in [0.4, 0.5) is 0 Å². The molecule has 17 heavy (non-hydrogen) atoms.